The first-order valence-corrected chi connectivity index (χ1v) is 9.05. The maximum atomic E-state index is 11.6. The minimum Gasteiger partial charge on any atom is -0.457 e. The zero-order valence-corrected chi connectivity index (χ0v) is 15.1. The molecule has 3 nitrogen and oxygen atoms in total. The summed E-state index contributed by atoms with van der Waals surface area (Å²) in [6.07, 6.45) is 11.7. The third kappa shape index (κ3) is 6.41. The maximum Gasteiger partial charge on any atom is 0.337 e. The van der Waals surface area contributed by atoms with Gasteiger partial charge in [0.15, 0.2) is 0 Å². The number of cyclic esters (lactones) is 1. The Morgan fingerprint density at radius 1 is 1.14 bits per heavy atom. The van der Waals surface area contributed by atoms with Crippen LogP contribution < -0.4 is 0 Å². The summed E-state index contributed by atoms with van der Waals surface area (Å²) in [4.78, 5) is 11.6. The van der Waals surface area contributed by atoms with E-state index in [2.05, 4.69) is 20.8 Å². The van der Waals surface area contributed by atoms with E-state index in [0.717, 1.165) is 24.5 Å². The van der Waals surface area contributed by atoms with Gasteiger partial charge in [-0.15, -0.1) is 0 Å². The van der Waals surface area contributed by atoms with E-state index in [1.807, 2.05) is 0 Å². The van der Waals surface area contributed by atoms with E-state index >= 15 is 0 Å². The summed E-state index contributed by atoms with van der Waals surface area (Å²) in [7, 11) is 0. The lowest BCUT2D eigenvalue weighted by atomic mass is 9.81. The van der Waals surface area contributed by atoms with Crippen molar-refractivity contribution in [2.45, 2.75) is 91.8 Å². The Kier molecular flexibility index (Phi) is 7.98. The molecule has 0 aromatic carbocycles. The van der Waals surface area contributed by atoms with Crippen molar-refractivity contribution in [1.29, 1.82) is 0 Å². The van der Waals surface area contributed by atoms with E-state index in [9.17, 15) is 4.79 Å². The van der Waals surface area contributed by atoms with Gasteiger partial charge in [0.05, 0.1) is 6.08 Å². The highest BCUT2D eigenvalue weighted by Crippen LogP contribution is 2.36. The summed E-state index contributed by atoms with van der Waals surface area (Å²) in [5.74, 6) is 0.892. The molecule has 0 radical (unpaired) electrons. The van der Waals surface area contributed by atoms with Crippen LogP contribution in [0.5, 0.6) is 0 Å². The lowest BCUT2D eigenvalue weighted by Crippen LogP contribution is -2.36. The van der Waals surface area contributed by atoms with Gasteiger partial charge in [-0.25, -0.2) is 4.79 Å². The second-order valence-electron chi connectivity index (χ2n) is 7.02. The number of allylic oxidation sites excluding steroid dienone is 1. The molecule has 0 aromatic heterocycles. The smallest absolute Gasteiger partial charge is 0.337 e. The van der Waals surface area contributed by atoms with Crippen molar-refractivity contribution in [2.24, 2.45) is 11.8 Å². The van der Waals surface area contributed by atoms with E-state index in [4.69, 9.17) is 9.47 Å². The Morgan fingerprint density at radius 3 is 2.23 bits per heavy atom. The molecule has 2 aliphatic rings. The summed E-state index contributed by atoms with van der Waals surface area (Å²) in [5, 5.41) is 0. The standard InChI is InChI=1S/C16H26O3.C3H8/c1-4-13(10-12-8-6-5-7-9-12)14-11-15(17)19-16(2,3)18-14;1-3-2/h11-13H,4-10H2,1-3H3;3H2,1-2H3/t13-;/m1./s1. The van der Waals surface area contributed by atoms with Gasteiger partial charge in [0.2, 0.25) is 5.79 Å². The molecule has 0 spiro atoms. The number of carbonyl (C=O) groups excluding carboxylic acids is 1. The molecule has 2 rings (SSSR count). The quantitative estimate of drug-likeness (QED) is 0.635. The van der Waals surface area contributed by atoms with Crippen LogP contribution in [0.15, 0.2) is 11.8 Å². The minimum absolute atomic E-state index is 0.270. The number of ether oxygens (including phenoxy) is 2. The lowest BCUT2D eigenvalue weighted by molar-refractivity contribution is -0.208. The zero-order valence-electron chi connectivity index (χ0n) is 15.1. The van der Waals surface area contributed by atoms with Crippen molar-refractivity contribution in [3.63, 3.8) is 0 Å². The molecule has 0 amide bonds. The largest absolute Gasteiger partial charge is 0.457 e. The Morgan fingerprint density at radius 2 is 1.73 bits per heavy atom. The number of esters is 1. The highest BCUT2D eigenvalue weighted by Gasteiger charge is 2.33. The van der Waals surface area contributed by atoms with Gasteiger partial charge in [-0.05, 0) is 18.8 Å². The van der Waals surface area contributed by atoms with Crippen LogP contribution in [0, 0.1) is 11.8 Å². The third-order valence-electron chi connectivity index (χ3n) is 4.21. The monoisotopic (exact) mass is 310 g/mol. The lowest BCUT2D eigenvalue weighted by Gasteiger charge is -2.35. The minimum atomic E-state index is -0.818. The number of hydrogen-bond donors (Lipinski definition) is 0. The van der Waals surface area contributed by atoms with Crippen molar-refractivity contribution in [2.75, 3.05) is 0 Å². The van der Waals surface area contributed by atoms with Crippen molar-refractivity contribution < 1.29 is 14.3 Å². The molecule has 0 saturated heterocycles. The van der Waals surface area contributed by atoms with Crippen LogP contribution in [0.2, 0.25) is 0 Å². The summed E-state index contributed by atoms with van der Waals surface area (Å²) in [5.41, 5.74) is 0. The molecule has 128 valence electrons. The second-order valence-corrected chi connectivity index (χ2v) is 7.02. The van der Waals surface area contributed by atoms with E-state index in [1.165, 1.54) is 38.5 Å². The van der Waals surface area contributed by atoms with E-state index in [-0.39, 0.29) is 5.97 Å². The van der Waals surface area contributed by atoms with Gasteiger partial charge in [0.1, 0.15) is 5.76 Å². The molecule has 0 aromatic rings. The van der Waals surface area contributed by atoms with Crippen molar-refractivity contribution in [3.05, 3.63) is 11.8 Å². The normalized spacial score (nSPS) is 22.6. The summed E-state index contributed by atoms with van der Waals surface area (Å²) in [6.45, 7) is 10.0. The average molecular weight is 310 g/mol. The topological polar surface area (TPSA) is 35.5 Å². The van der Waals surface area contributed by atoms with Gasteiger partial charge < -0.3 is 9.47 Å². The highest BCUT2D eigenvalue weighted by atomic mass is 16.7. The van der Waals surface area contributed by atoms with Crippen LogP contribution in [0.3, 0.4) is 0 Å². The van der Waals surface area contributed by atoms with Gasteiger partial charge in [-0.1, -0.05) is 59.3 Å². The van der Waals surface area contributed by atoms with Crippen molar-refractivity contribution in [1.82, 2.24) is 0 Å². The van der Waals surface area contributed by atoms with Crippen LogP contribution in [-0.4, -0.2) is 11.8 Å². The molecule has 3 heteroatoms. The van der Waals surface area contributed by atoms with E-state index in [0.29, 0.717) is 5.92 Å². The Labute approximate surface area is 136 Å². The first kappa shape index (κ1) is 19.1. The van der Waals surface area contributed by atoms with Crippen molar-refractivity contribution in [3.8, 4) is 0 Å². The summed E-state index contributed by atoms with van der Waals surface area (Å²) >= 11 is 0. The van der Waals surface area contributed by atoms with Crippen LogP contribution >= 0.6 is 0 Å². The molecule has 1 fully saturated rings. The fourth-order valence-corrected chi connectivity index (χ4v) is 3.23. The van der Waals surface area contributed by atoms with Crippen LogP contribution in [0.1, 0.15) is 86.0 Å². The molecule has 1 atom stereocenters. The molecular formula is C19H34O3. The number of rotatable bonds is 4. The molecule has 22 heavy (non-hydrogen) atoms. The third-order valence-corrected chi connectivity index (χ3v) is 4.21. The van der Waals surface area contributed by atoms with Gasteiger partial charge in [-0.2, -0.15) is 0 Å². The average Bonchev–Trinajstić information content (AvgIpc) is 2.44. The maximum absolute atomic E-state index is 11.6. The van der Waals surface area contributed by atoms with Crippen LogP contribution in [0.25, 0.3) is 0 Å². The SMILES string of the molecule is CCC.CC[C@H](CC1CCCCC1)C1=CC(=O)OC(C)(C)O1. The predicted molar refractivity (Wildman–Crippen MR) is 90.3 cm³/mol. The summed E-state index contributed by atoms with van der Waals surface area (Å²) in [6, 6.07) is 0. The van der Waals surface area contributed by atoms with Crippen LogP contribution in [-0.2, 0) is 14.3 Å². The molecule has 1 saturated carbocycles. The number of carbonyl (C=O) groups is 1. The van der Waals surface area contributed by atoms with Crippen molar-refractivity contribution >= 4 is 5.97 Å². The molecule has 1 heterocycles. The molecule has 0 unspecified atom stereocenters. The van der Waals surface area contributed by atoms with Gasteiger partial charge in [0, 0.05) is 19.8 Å². The fourth-order valence-electron chi connectivity index (χ4n) is 3.23. The first-order chi connectivity index (χ1) is 10.4. The number of hydrogen-bond acceptors (Lipinski definition) is 3. The molecule has 0 bridgehead atoms. The van der Waals surface area contributed by atoms with E-state index < -0.39 is 5.79 Å². The van der Waals surface area contributed by atoms with Gasteiger partial charge in [-0.3, -0.25) is 0 Å². The molecule has 1 aliphatic heterocycles. The molecular weight excluding hydrogens is 276 g/mol. The summed E-state index contributed by atoms with van der Waals surface area (Å²) < 4.78 is 11.0. The molecule has 0 N–H and O–H groups in total. The molecule has 1 aliphatic carbocycles. The predicted octanol–water partition coefficient (Wildman–Crippen LogP) is 5.59. The zero-order chi connectivity index (χ0) is 16.6. The Hall–Kier alpha value is -0.990. The van der Waals surface area contributed by atoms with Gasteiger partial charge >= 0.3 is 5.97 Å². The fraction of sp³-hybridized carbons (Fsp3) is 0.842. The van der Waals surface area contributed by atoms with Gasteiger partial charge in [0.25, 0.3) is 0 Å². The highest BCUT2D eigenvalue weighted by molar-refractivity contribution is 5.83. The Bertz CT molecular complexity index is 365. The Balaban J connectivity index is 0.000000745. The second kappa shape index (κ2) is 9.22. The van der Waals surface area contributed by atoms with E-state index in [1.54, 1.807) is 19.9 Å². The van der Waals surface area contributed by atoms with Crippen LogP contribution in [0.4, 0.5) is 0 Å². The first-order valence-electron chi connectivity index (χ1n) is 9.05.